The average molecular weight is 384 g/mol. The molecule has 27 heavy (non-hydrogen) atoms. The van der Waals surface area contributed by atoms with Crippen LogP contribution < -0.4 is 10.9 Å². The quantitative estimate of drug-likeness (QED) is 0.536. The normalized spacial score (nSPS) is 10.4. The van der Waals surface area contributed by atoms with E-state index in [2.05, 4.69) is 5.32 Å². The summed E-state index contributed by atoms with van der Waals surface area (Å²) in [5.41, 5.74) is 0.807. The van der Waals surface area contributed by atoms with Crippen molar-refractivity contribution in [2.75, 3.05) is 5.32 Å². The van der Waals surface area contributed by atoms with Crippen LogP contribution >= 0.6 is 11.6 Å². The Morgan fingerprint density at radius 1 is 1.11 bits per heavy atom. The van der Waals surface area contributed by atoms with E-state index in [9.17, 15) is 19.7 Å². The first kappa shape index (κ1) is 18.3. The van der Waals surface area contributed by atoms with Crippen LogP contribution in [0.4, 0.5) is 11.4 Å². The molecule has 0 atom stereocenters. The highest BCUT2D eigenvalue weighted by Gasteiger charge is 2.20. The van der Waals surface area contributed by atoms with Crippen molar-refractivity contribution in [2.24, 2.45) is 0 Å². The van der Waals surface area contributed by atoms with Gasteiger partial charge < -0.3 is 9.88 Å². The van der Waals surface area contributed by atoms with Gasteiger partial charge in [-0.15, -0.1) is 0 Å². The van der Waals surface area contributed by atoms with Gasteiger partial charge in [0.1, 0.15) is 5.56 Å². The molecule has 0 bridgehead atoms. The van der Waals surface area contributed by atoms with Gasteiger partial charge in [-0.2, -0.15) is 0 Å². The Labute approximate surface area is 159 Å². The fraction of sp³-hybridized carbons (Fsp3) is 0.0526. The molecule has 1 N–H and O–H groups in total. The Morgan fingerprint density at radius 2 is 1.85 bits per heavy atom. The first-order chi connectivity index (χ1) is 12.9. The fourth-order valence-electron chi connectivity index (χ4n) is 2.53. The van der Waals surface area contributed by atoms with E-state index >= 15 is 0 Å². The van der Waals surface area contributed by atoms with Crippen molar-refractivity contribution in [3.8, 4) is 0 Å². The van der Waals surface area contributed by atoms with Crippen molar-refractivity contribution < 1.29 is 9.72 Å². The number of pyridine rings is 1. The number of nitro benzene ring substituents is 1. The molecule has 3 rings (SSSR count). The van der Waals surface area contributed by atoms with Gasteiger partial charge in [-0.25, -0.2) is 0 Å². The first-order valence-electron chi connectivity index (χ1n) is 7.94. The lowest BCUT2D eigenvalue weighted by atomic mass is 10.1. The topological polar surface area (TPSA) is 94.2 Å². The summed E-state index contributed by atoms with van der Waals surface area (Å²) in [7, 11) is 0. The second-order valence-electron chi connectivity index (χ2n) is 5.74. The van der Waals surface area contributed by atoms with Crippen LogP contribution in [0.2, 0.25) is 5.02 Å². The largest absolute Gasteiger partial charge is 0.322 e. The number of nitro groups is 1. The van der Waals surface area contributed by atoms with Crippen LogP contribution in [-0.2, 0) is 6.54 Å². The first-order valence-corrected chi connectivity index (χ1v) is 8.31. The summed E-state index contributed by atoms with van der Waals surface area (Å²) in [6.07, 6.45) is 1.69. The van der Waals surface area contributed by atoms with E-state index in [0.717, 1.165) is 11.6 Å². The fourth-order valence-corrected chi connectivity index (χ4v) is 2.69. The lowest BCUT2D eigenvalue weighted by molar-refractivity contribution is -0.385. The van der Waals surface area contributed by atoms with Crippen LogP contribution in [0.3, 0.4) is 0 Å². The number of carbonyl (C=O) groups is 1. The van der Waals surface area contributed by atoms with Gasteiger partial charge in [0.2, 0.25) is 0 Å². The third-order valence-corrected chi connectivity index (χ3v) is 4.10. The van der Waals surface area contributed by atoms with Crippen molar-refractivity contribution in [2.45, 2.75) is 6.54 Å². The van der Waals surface area contributed by atoms with E-state index < -0.39 is 10.8 Å². The monoisotopic (exact) mass is 383 g/mol. The van der Waals surface area contributed by atoms with Gasteiger partial charge in [-0.05, 0) is 35.9 Å². The minimum atomic E-state index is -0.651. The van der Waals surface area contributed by atoms with Crippen LogP contribution in [-0.4, -0.2) is 15.4 Å². The Morgan fingerprint density at radius 3 is 2.52 bits per heavy atom. The molecule has 136 valence electrons. The zero-order valence-electron chi connectivity index (χ0n) is 14.0. The highest BCUT2D eigenvalue weighted by molar-refractivity contribution is 6.31. The van der Waals surface area contributed by atoms with Crippen LogP contribution in [0.25, 0.3) is 0 Å². The molecule has 7 nitrogen and oxygen atoms in total. The lowest BCUT2D eigenvalue weighted by Crippen LogP contribution is -2.18. The zero-order valence-corrected chi connectivity index (χ0v) is 14.7. The SMILES string of the molecule is O=C(Nc1ccc(Cn2ccccc2=O)cc1)c1ccc(Cl)cc1[N+](=O)[O-]. The maximum atomic E-state index is 12.4. The van der Waals surface area contributed by atoms with Crippen LogP contribution in [0.5, 0.6) is 0 Å². The molecule has 0 saturated carbocycles. The van der Waals surface area contributed by atoms with E-state index in [1.807, 2.05) is 0 Å². The van der Waals surface area contributed by atoms with Crippen LogP contribution in [0.15, 0.2) is 71.7 Å². The number of benzene rings is 2. The summed E-state index contributed by atoms with van der Waals surface area (Å²) in [6, 6.07) is 15.7. The summed E-state index contributed by atoms with van der Waals surface area (Å²) >= 11 is 5.76. The third-order valence-electron chi connectivity index (χ3n) is 3.86. The number of rotatable bonds is 5. The molecule has 1 heterocycles. The predicted molar refractivity (Wildman–Crippen MR) is 102 cm³/mol. The van der Waals surface area contributed by atoms with E-state index in [4.69, 9.17) is 11.6 Å². The number of nitrogens with zero attached hydrogens (tertiary/aromatic N) is 2. The molecular formula is C19H14ClN3O4. The number of hydrogen-bond acceptors (Lipinski definition) is 4. The minimum Gasteiger partial charge on any atom is -0.322 e. The van der Waals surface area contributed by atoms with Gasteiger partial charge >= 0.3 is 0 Å². The molecule has 2 aromatic carbocycles. The number of carbonyl (C=O) groups excluding carboxylic acids is 1. The van der Waals surface area contributed by atoms with E-state index in [-0.39, 0.29) is 21.8 Å². The number of aromatic nitrogens is 1. The number of anilines is 1. The van der Waals surface area contributed by atoms with Gasteiger partial charge in [0.05, 0.1) is 11.5 Å². The van der Waals surface area contributed by atoms with Crippen molar-refractivity contribution in [3.63, 3.8) is 0 Å². The van der Waals surface area contributed by atoms with Gasteiger partial charge in [0.25, 0.3) is 17.2 Å². The van der Waals surface area contributed by atoms with Crippen molar-refractivity contribution >= 4 is 28.9 Å². The van der Waals surface area contributed by atoms with E-state index in [1.54, 1.807) is 47.2 Å². The maximum Gasteiger partial charge on any atom is 0.283 e. The van der Waals surface area contributed by atoms with Gasteiger partial charge in [-0.1, -0.05) is 29.8 Å². The predicted octanol–water partition coefficient (Wildman–Crippen LogP) is 3.71. The van der Waals surface area contributed by atoms with Gasteiger partial charge in [0, 0.05) is 29.0 Å². The summed E-state index contributed by atoms with van der Waals surface area (Å²) in [4.78, 5) is 34.6. The van der Waals surface area contributed by atoms with Crippen molar-refractivity contribution in [1.29, 1.82) is 0 Å². The molecular weight excluding hydrogens is 370 g/mol. The lowest BCUT2D eigenvalue weighted by Gasteiger charge is -2.08. The maximum absolute atomic E-state index is 12.4. The van der Waals surface area contributed by atoms with E-state index in [0.29, 0.717) is 12.2 Å². The third kappa shape index (κ3) is 4.39. The number of nitrogens with one attached hydrogen (secondary N) is 1. The summed E-state index contributed by atoms with van der Waals surface area (Å²) < 4.78 is 1.56. The molecule has 0 aliphatic carbocycles. The zero-order chi connectivity index (χ0) is 19.4. The molecule has 8 heteroatoms. The second kappa shape index (κ2) is 7.84. The van der Waals surface area contributed by atoms with Crippen molar-refractivity contribution in [3.05, 3.63) is 103 Å². The molecule has 0 unspecified atom stereocenters. The molecule has 0 radical (unpaired) electrons. The second-order valence-corrected chi connectivity index (χ2v) is 6.17. The standard InChI is InChI=1S/C19H14ClN3O4/c20-14-6-9-16(17(11-14)23(26)27)19(25)21-15-7-4-13(5-8-15)12-22-10-2-1-3-18(22)24/h1-11H,12H2,(H,21,25). The van der Waals surface area contributed by atoms with Gasteiger partial charge in [0.15, 0.2) is 0 Å². The van der Waals surface area contributed by atoms with Crippen LogP contribution in [0, 0.1) is 10.1 Å². The highest BCUT2D eigenvalue weighted by Crippen LogP contribution is 2.24. The molecule has 0 spiro atoms. The molecule has 1 aromatic heterocycles. The average Bonchev–Trinajstić information content (AvgIpc) is 2.65. The summed E-state index contributed by atoms with van der Waals surface area (Å²) in [5.74, 6) is -0.606. The molecule has 0 aliphatic rings. The Bertz CT molecular complexity index is 1060. The summed E-state index contributed by atoms with van der Waals surface area (Å²) in [6.45, 7) is 0.399. The molecule has 3 aromatic rings. The minimum absolute atomic E-state index is 0.0793. The Kier molecular flexibility index (Phi) is 5.33. The summed E-state index contributed by atoms with van der Waals surface area (Å²) in [5, 5.41) is 13.9. The number of halogens is 1. The molecule has 0 fully saturated rings. The molecule has 1 amide bonds. The Balaban J connectivity index is 1.75. The van der Waals surface area contributed by atoms with Crippen molar-refractivity contribution in [1.82, 2.24) is 4.57 Å². The number of hydrogen-bond donors (Lipinski definition) is 1. The molecule has 0 saturated heterocycles. The number of amides is 1. The van der Waals surface area contributed by atoms with E-state index in [1.165, 1.54) is 18.2 Å². The van der Waals surface area contributed by atoms with Crippen LogP contribution in [0.1, 0.15) is 15.9 Å². The smallest absolute Gasteiger partial charge is 0.283 e. The highest BCUT2D eigenvalue weighted by atomic mass is 35.5. The molecule has 0 aliphatic heterocycles. The Hall–Kier alpha value is -3.45. The van der Waals surface area contributed by atoms with Gasteiger partial charge in [-0.3, -0.25) is 19.7 Å².